The van der Waals surface area contributed by atoms with E-state index in [0.29, 0.717) is 58.7 Å². The Bertz CT molecular complexity index is 1650. The molecule has 21 nitrogen and oxygen atoms in total. The van der Waals surface area contributed by atoms with Crippen molar-refractivity contribution in [3.8, 4) is 5.75 Å². The normalized spacial score (nSPS) is 11.3. The number of hydrogen-bond acceptors (Lipinski definition) is 13. The average molecular weight is 861 g/mol. The number of aryl methyl sites for hydroxylation is 1. The Balaban J connectivity index is 1.73. The van der Waals surface area contributed by atoms with Crippen LogP contribution in [0.5, 0.6) is 5.75 Å². The molecular weight excluding hydrogens is 794 g/mol. The van der Waals surface area contributed by atoms with Gasteiger partial charge in [0.15, 0.2) is 40.4 Å². The summed E-state index contributed by atoms with van der Waals surface area (Å²) in [6.07, 6.45) is 8.88. The molecule has 0 saturated carbocycles. The number of carbonyl (C=O) groups is 3. The standard InChI is InChI=1S/C38H66ClN17O4/c39-31-33(42)54-32(41)30(53-31)35(59)55-38(47)52-19-6-3-10-26-13-15-27(16-14-26)60-25-24-56(22-8-20-48-29(57)12-2-1-5-17-50-36(43)44)23-9-21-49-34(58)28(40)11-4-7-18-51-37(45)46/h13-16,28H,1-12,17-25,40H2,(H,48,57)(H,49,58)(H4,41,42,54)(H4,43,44,50)(H4,45,46,51)(H3,47,52,55,59)/t28-/m1/s1. The predicted octanol–water partition coefficient (Wildman–Crippen LogP) is 0.289. The van der Waals surface area contributed by atoms with Gasteiger partial charge in [0.05, 0.1) is 6.04 Å². The van der Waals surface area contributed by atoms with Crippen LogP contribution in [-0.4, -0.2) is 115 Å². The number of nitrogen functional groups attached to an aromatic ring is 2. The number of ether oxygens (including phenoxy) is 1. The van der Waals surface area contributed by atoms with Crippen molar-refractivity contribution >= 4 is 58.8 Å². The Morgan fingerprint density at radius 3 is 1.98 bits per heavy atom. The van der Waals surface area contributed by atoms with Crippen LogP contribution in [0.3, 0.4) is 0 Å². The van der Waals surface area contributed by atoms with E-state index in [4.69, 9.17) is 61.2 Å². The van der Waals surface area contributed by atoms with Crippen LogP contribution in [-0.2, 0) is 16.0 Å². The summed E-state index contributed by atoms with van der Waals surface area (Å²) in [7, 11) is 0. The molecule has 60 heavy (non-hydrogen) atoms. The second-order valence-electron chi connectivity index (χ2n) is 14.1. The van der Waals surface area contributed by atoms with E-state index in [9.17, 15) is 14.4 Å². The number of hydrogen-bond donors (Lipinski definition) is 14. The van der Waals surface area contributed by atoms with Crippen molar-refractivity contribution < 1.29 is 19.1 Å². The quantitative estimate of drug-likeness (QED) is 0.0285. The molecule has 0 unspecified atom stereocenters. The second kappa shape index (κ2) is 29.5. The number of rotatable bonds is 30. The number of nitrogens with two attached hydrogens (primary N) is 5. The van der Waals surface area contributed by atoms with E-state index in [1.165, 1.54) is 0 Å². The molecule has 0 saturated heterocycles. The first-order valence-electron chi connectivity index (χ1n) is 20.4. The van der Waals surface area contributed by atoms with Crippen molar-refractivity contribution in [3.05, 3.63) is 40.7 Å². The maximum Gasteiger partial charge on any atom is 0.280 e. The van der Waals surface area contributed by atoms with E-state index in [0.717, 1.165) is 88.6 Å². The zero-order valence-electron chi connectivity index (χ0n) is 34.5. The fourth-order valence-electron chi connectivity index (χ4n) is 5.79. The van der Waals surface area contributed by atoms with Crippen LogP contribution in [0, 0.1) is 16.2 Å². The van der Waals surface area contributed by atoms with Gasteiger partial charge in [-0.1, -0.05) is 30.2 Å². The number of anilines is 2. The van der Waals surface area contributed by atoms with Crippen molar-refractivity contribution in [3.63, 3.8) is 0 Å². The van der Waals surface area contributed by atoms with Gasteiger partial charge in [-0.25, -0.2) is 9.97 Å². The zero-order valence-corrected chi connectivity index (χ0v) is 35.2. The number of halogens is 1. The van der Waals surface area contributed by atoms with Crippen molar-refractivity contribution in [2.45, 2.75) is 83.1 Å². The van der Waals surface area contributed by atoms with Crippen LogP contribution in [0.25, 0.3) is 0 Å². The number of unbranched alkanes of at least 4 members (excludes halogenated alkanes) is 4. The highest BCUT2D eigenvalue weighted by molar-refractivity contribution is 6.31. The lowest BCUT2D eigenvalue weighted by Crippen LogP contribution is -2.42. The van der Waals surface area contributed by atoms with Gasteiger partial charge in [0, 0.05) is 45.7 Å². The molecular formula is C38H66ClN17O4. The monoisotopic (exact) mass is 860 g/mol. The highest BCUT2D eigenvalue weighted by Crippen LogP contribution is 2.17. The van der Waals surface area contributed by atoms with Crippen LogP contribution < -0.4 is 65.3 Å². The molecule has 0 spiro atoms. The molecule has 0 aliphatic heterocycles. The van der Waals surface area contributed by atoms with E-state index in [1.807, 2.05) is 24.3 Å². The number of nitrogens with one attached hydrogen (secondary N) is 9. The number of carbonyl (C=O) groups excluding carboxylic acids is 3. The molecule has 19 N–H and O–H groups in total. The maximum atomic E-state index is 12.5. The van der Waals surface area contributed by atoms with E-state index in [-0.39, 0.29) is 52.2 Å². The van der Waals surface area contributed by atoms with Gasteiger partial charge in [0.25, 0.3) is 5.91 Å². The molecule has 2 rings (SSSR count). The fourth-order valence-corrected chi connectivity index (χ4v) is 5.92. The minimum atomic E-state index is -0.721. The van der Waals surface area contributed by atoms with Crippen LogP contribution in [0.4, 0.5) is 11.6 Å². The van der Waals surface area contributed by atoms with Crippen LogP contribution in [0.15, 0.2) is 24.3 Å². The third kappa shape index (κ3) is 23.1. The highest BCUT2D eigenvalue weighted by Gasteiger charge is 2.17. The summed E-state index contributed by atoms with van der Waals surface area (Å²) in [6.45, 7) is 5.27. The highest BCUT2D eigenvalue weighted by atomic mass is 35.5. The van der Waals surface area contributed by atoms with Gasteiger partial charge in [0.1, 0.15) is 12.4 Å². The minimum absolute atomic E-state index is 0.0179. The summed E-state index contributed by atoms with van der Waals surface area (Å²) in [5.41, 5.74) is 28.8. The first-order valence-corrected chi connectivity index (χ1v) is 20.7. The summed E-state index contributed by atoms with van der Waals surface area (Å²) in [5.74, 6) is -0.735. The van der Waals surface area contributed by atoms with Crippen molar-refractivity contribution in [2.75, 3.05) is 70.4 Å². The third-order valence-electron chi connectivity index (χ3n) is 9.07. The molecule has 0 fully saturated rings. The number of amides is 3. The Morgan fingerprint density at radius 2 is 1.32 bits per heavy atom. The Kier molecular flexibility index (Phi) is 24.8. The van der Waals surface area contributed by atoms with Gasteiger partial charge in [-0.2, -0.15) is 0 Å². The van der Waals surface area contributed by atoms with Gasteiger partial charge in [-0.3, -0.25) is 40.8 Å². The predicted molar refractivity (Wildman–Crippen MR) is 236 cm³/mol. The van der Waals surface area contributed by atoms with Crippen LogP contribution in [0.1, 0.15) is 86.7 Å². The fraction of sp³-hybridized carbons (Fsp3) is 0.579. The first kappa shape index (κ1) is 50.5. The van der Waals surface area contributed by atoms with Gasteiger partial charge in [0.2, 0.25) is 11.8 Å². The number of benzene rings is 1. The summed E-state index contributed by atoms with van der Waals surface area (Å²) < 4.78 is 6.08. The van der Waals surface area contributed by atoms with Crippen molar-refractivity contribution in [1.82, 2.24) is 46.8 Å². The second-order valence-corrected chi connectivity index (χ2v) is 14.5. The molecule has 0 bridgehead atoms. The van der Waals surface area contributed by atoms with E-state index in [2.05, 4.69) is 46.8 Å². The molecule has 0 aliphatic rings. The molecule has 2 aromatic rings. The first-order chi connectivity index (χ1) is 28.7. The summed E-state index contributed by atoms with van der Waals surface area (Å²) in [5, 5.41) is 38.9. The van der Waals surface area contributed by atoms with Gasteiger partial charge in [-0.05, 0) is 95.0 Å². The lowest BCUT2D eigenvalue weighted by Gasteiger charge is -2.23. The lowest BCUT2D eigenvalue weighted by molar-refractivity contribution is -0.122. The Labute approximate surface area is 357 Å². The van der Waals surface area contributed by atoms with Crippen molar-refractivity contribution in [2.24, 2.45) is 17.2 Å². The molecule has 0 aliphatic carbocycles. The SMILES string of the molecule is N=C(N)NCCCCCC(=O)NCCCN(CCCNC(=O)[C@H](N)CCCCNC(=N)N)CCOc1ccc(CCCCNC(=N)NC(=O)c2nc(Cl)c(N)nc2N)cc1. The third-order valence-corrected chi connectivity index (χ3v) is 9.34. The summed E-state index contributed by atoms with van der Waals surface area (Å²) >= 11 is 5.83. The molecule has 3 amide bonds. The molecule has 22 heteroatoms. The Hall–Kier alpha value is -5.67. The van der Waals surface area contributed by atoms with Gasteiger partial charge < -0.3 is 60.0 Å². The van der Waals surface area contributed by atoms with E-state index in [1.54, 1.807) is 0 Å². The summed E-state index contributed by atoms with van der Waals surface area (Å²) in [6, 6.07) is 7.32. The molecule has 1 heterocycles. The summed E-state index contributed by atoms with van der Waals surface area (Å²) in [4.78, 5) is 47.1. The van der Waals surface area contributed by atoms with Crippen molar-refractivity contribution in [1.29, 1.82) is 16.2 Å². The number of aromatic nitrogens is 2. The maximum absolute atomic E-state index is 12.5. The zero-order chi connectivity index (χ0) is 44.1. The molecule has 334 valence electrons. The van der Waals surface area contributed by atoms with Crippen LogP contribution >= 0.6 is 11.6 Å². The topological polar surface area (TPSA) is 363 Å². The smallest absolute Gasteiger partial charge is 0.280 e. The molecule has 1 aromatic heterocycles. The lowest BCUT2D eigenvalue weighted by atomic mass is 10.1. The minimum Gasteiger partial charge on any atom is -0.492 e. The molecule has 1 atom stereocenters. The average Bonchev–Trinajstić information content (AvgIpc) is 3.20. The van der Waals surface area contributed by atoms with Gasteiger partial charge in [-0.15, -0.1) is 0 Å². The van der Waals surface area contributed by atoms with E-state index >= 15 is 0 Å². The van der Waals surface area contributed by atoms with Crippen LogP contribution in [0.2, 0.25) is 5.15 Å². The Morgan fingerprint density at radius 1 is 0.717 bits per heavy atom. The largest absolute Gasteiger partial charge is 0.492 e. The number of nitrogens with zero attached hydrogens (tertiary/aromatic N) is 3. The molecule has 0 radical (unpaired) electrons. The number of guanidine groups is 3. The van der Waals surface area contributed by atoms with E-state index < -0.39 is 11.9 Å². The van der Waals surface area contributed by atoms with Gasteiger partial charge >= 0.3 is 0 Å². The molecule has 1 aromatic carbocycles.